The highest BCUT2D eigenvalue weighted by Gasteiger charge is 2.59. The van der Waals surface area contributed by atoms with Gasteiger partial charge in [0.25, 0.3) is 0 Å². The van der Waals surface area contributed by atoms with Gasteiger partial charge in [0.2, 0.25) is 11.8 Å². The van der Waals surface area contributed by atoms with Gasteiger partial charge in [-0.3, -0.25) is 9.59 Å². The molecule has 0 spiro atoms. The quantitative estimate of drug-likeness (QED) is 0.784. The predicted molar refractivity (Wildman–Crippen MR) is 93.8 cm³/mol. The minimum Gasteiger partial charge on any atom is -0.342 e. The van der Waals surface area contributed by atoms with E-state index >= 15 is 0 Å². The Morgan fingerprint density at radius 3 is 2.46 bits per heavy atom. The van der Waals surface area contributed by atoms with Crippen molar-refractivity contribution in [2.75, 3.05) is 24.5 Å². The number of carbonyl (C=O) groups is 2. The maximum atomic E-state index is 13.3. The fourth-order valence-electron chi connectivity index (χ4n) is 4.16. The lowest BCUT2D eigenvalue weighted by atomic mass is 9.94. The predicted octanol–water partition coefficient (Wildman–Crippen LogP) is 3.00. The van der Waals surface area contributed by atoms with Crippen molar-refractivity contribution in [2.45, 2.75) is 45.4 Å². The fraction of sp³-hybridized carbons (Fsp3) is 0.600. The summed E-state index contributed by atoms with van der Waals surface area (Å²) in [6, 6.07) is 8.13. The van der Waals surface area contributed by atoms with Gasteiger partial charge in [0.1, 0.15) is 5.41 Å². The monoisotopic (exact) mass is 326 g/mol. The second-order valence-corrected chi connectivity index (χ2v) is 7.75. The average Bonchev–Trinajstić information content (AvgIpc) is 3.42. The zero-order valence-electron chi connectivity index (χ0n) is 14.5. The Morgan fingerprint density at radius 2 is 1.75 bits per heavy atom. The van der Waals surface area contributed by atoms with Crippen LogP contribution < -0.4 is 4.90 Å². The average molecular weight is 326 g/mol. The summed E-state index contributed by atoms with van der Waals surface area (Å²) in [5.74, 6) is 0.814. The molecular formula is C20H26N2O2. The molecule has 1 aliphatic carbocycles. The number of benzene rings is 1. The fourth-order valence-corrected chi connectivity index (χ4v) is 4.16. The van der Waals surface area contributed by atoms with Crippen LogP contribution in [-0.4, -0.2) is 36.3 Å². The molecule has 0 radical (unpaired) electrons. The zero-order valence-corrected chi connectivity index (χ0v) is 14.5. The van der Waals surface area contributed by atoms with Crippen molar-refractivity contribution < 1.29 is 9.59 Å². The van der Waals surface area contributed by atoms with Gasteiger partial charge in [0, 0.05) is 25.3 Å². The smallest absolute Gasteiger partial charge is 0.242 e. The molecule has 4 nitrogen and oxygen atoms in total. The number of fused-ring (bicyclic) bond motifs is 1. The number of hydrogen-bond donors (Lipinski definition) is 0. The first kappa shape index (κ1) is 15.7. The van der Waals surface area contributed by atoms with Crippen LogP contribution in [0.4, 0.5) is 5.69 Å². The van der Waals surface area contributed by atoms with E-state index in [0.717, 1.165) is 63.8 Å². The summed E-state index contributed by atoms with van der Waals surface area (Å²) < 4.78 is 0. The second kappa shape index (κ2) is 5.91. The second-order valence-electron chi connectivity index (χ2n) is 7.75. The number of hydrogen-bond acceptors (Lipinski definition) is 2. The van der Waals surface area contributed by atoms with Crippen LogP contribution in [0, 0.1) is 11.3 Å². The Labute approximate surface area is 143 Å². The lowest BCUT2D eigenvalue weighted by molar-refractivity contribution is -0.144. The lowest BCUT2D eigenvalue weighted by Crippen LogP contribution is -2.50. The van der Waals surface area contributed by atoms with Gasteiger partial charge in [-0.2, -0.15) is 0 Å². The van der Waals surface area contributed by atoms with E-state index in [1.807, 2.05) is 28.0 Å². The summed E-state index contributed by atoms with van der Waals surface area (Å²) in [4.78, 5) is 30.2. The van der Waals surface area contributed by atoms with Gasteiger partial charge >= 0.3 is 0 Å². The van der Waals surface area contributed by atoms with Gasteiger partial charge in [-0.1, -0.05) is 25.1 Å². The third kappa shape index (κ3) is 2.52. The molecule has 1 aromatic rings. The molecule has 0 atom stereocenters. The normalized spacial score (nSPS) is 22.9. The SMILES string of the molecule is CC1CCN(C(=O)C2(C(=O)N3CCCc4ccccc43)CC2)CC1. The van der Waals surface area contributed by atoms with Crippen LogP contribution in [0.25, 0.3) is 0 Å². The Bertz CT molecular complexity index is 657. The molecular weight excluding hydrogens is 300 g/mol. The van der Waals surface area contributed by atoms with Crippen LogP contribution in [0.5, 0.6) is 0 Å². The molecule has 1 saturated heterocycles. The van der Waals surface area contributed by atoms with Crippen molar-refractivity contribution in [3.8, 4) is 0 Å². The molecule has 2 heterocycles. The molecule has 0 unspecified atom stereocenters. The van der Waals surface area contributed by atoms with E-state index in [4.69, 9.17) is 0 Å². The number of nitrogens with zero attached hydrogens (tertiary/aromatic N) is 2. The Balaban J connectivity index is 1.55. The molecule has 4 heteroatoms. The van der Waals surface area contributed by atoms with E-state index < -0.39 is 5.41 Å². The van der Waals surface area contributed by atoms with Gasteiger partial charge in [-0.05, 0) is 56.1 Å². The number of likely N-dealkylation sites (tertiary alicyclic amines) is 1. The van der Waals surface area contributed by atoms with Crippen LogP contribution in [0.15, 0.2) is 24.3 Å². The van der Waals surface area contributed by atoms with E-state index in [1.165, 1.54) is 5.56 Å². The van der Waals surface area contributed by atoms with E-state index in [2.05, 4.69) is 13.0 Å². The molecule has 4 rings (SSSR count). The molecule has 0 bridgehead atoms. The van der Waals surface area contributed by atoms with Crippen molar-refractivity contribution in [1.29, 1.82) is 0 Å². The Hall–Kier alpha value is -1.84. The van der Waals surface area contributed by atoms with Crippen molar-refractivity contribution in [3.63, 3.8) is 0 Å². The van der Waals surface area contributed by atoms with E-state index in [-0.39, 0.29) is 11.8 Å². The number of amides is 2. The van der Waals surface area contributed by atoms with E-state index in [1.54, 1.807) is 0 Å². The van der Waals surface area contributed by atoms with Gasteiger partial charge in [0.15, 0.2) is 0 Å². The number of aryl methyl sites for hydroxylation is 1. The molecule has 24 heavy (non-hydrogen) atoms. The summed E-state index contributed by atoms with van der Waals surface area (Å²) in [5.41, 5.74) is 1.48. The van der Waals surface area contributed by atoms with Crippen LogP contribution in [-0.2, 0) is 16.0 Å². The zero-order chi connectivity index (χ0) is 16.7. The molecule has 128 valence electrons. The number of para-hydroxylation sites is 1. The van der Waals surface area contributed by atoms with Gasteiger partial charge in [-0.15, -0.1) is 0 Å². The minimum atomic E-state index is -0.759. The topological polar surface area (TPSA) is 40.6 Å². The molecule has 2 fully saturated rings. The first-order valence-electron chi connectivity index (χ1n) is 9.31. The molecule has 2 aliphatic heterocycles. The standard InChI is InChI=1S/C20H26N2O2/c1-15-8-13-21(14-9-15)18(23)20(10-11-20)19(24)22-12-4-6-16-5-2-3-7-17(16)22/h2-3,5,7,15H,4,6,8-14H2,1H3. The largest absolute Gasteiger partial charge is 0.342 e. The molecule has 1 saturated carbocycles. The summed E-state index contributed by atoms with van der Waals surface area (Å²) in [6.45, 7) is 4.60. The van der Waals surface area contributed by atoms with Crippen molar-refractivity contribution in [3.05, 3.63) is 29.8 Å². The first-order chi connectivity index (χ1) is 11.6. The molecule has 0 aromatic heterocycles. The maximum Gasteiger partial charge on any atom is 0.242 e. The third-order valence-electron chi connectivity index (χ3n) is 6.00. The van der Waals surface area contributed by atoms with Crippen LogP contribution in [0.1, 0.15) is 44.6 Å². The number of carbonyl (C=O) groups excluding carboxylic acids is 2. The summed E-state index contributed by atoms with van der Waals surface area (Å²) >= 11 is 0. The summed E-state index contributed by atoms with van der Waals surface area (Å²) in [7, 11) is 0. The van der Waals surface area contributed by atoms with Crippen LogP contribution in [0.3, 0.4) is 0 Å². The minimum absolute atomic E-state index is 0.0401. The highest BCUT2D eigenvalue weighted by molar-refractivity contribution is 6.14. The molecule has 0 N–H and O–H groups in total. The van der Waals surface area contributed by atoms with E-state index in [9.17, 15) is 9.59 Å². The van der Waals surface area contributed by atoms with Crippen LogP contribution in [0.2, 0.25) is 0 Å². The maximum absolute atomic E-state index is 13.3. The van der Waals surface area contributed by atoms with Crippen molar-refractivity contribution >= 4 is 17.5 Å². The first-order valence-corrected chi connectivity index (χ1v) is 9.31. The highest BCUT2D eigenvalue weighted by Crippen LogP contribution is 2.50. The highest BCUT2D eigenvalue weighted by atomic mass is 16.2. The molecule has 2 amide bonds. The van der Waals surface area contributed by atoms with Gasteiger partial charge in [0.05, 0.1) is 0 Å². The number of anilines is 1. The van der Waals surface area contributed by atoms with Crippen molar-refractivity contribution in [2.24, 2.45) is 11.3 Å². The summed E-state index contributed by atoms with van der Waals surface area (Å²) in [5, 5.41) is 0. The van der Waals surface area contributed by atoms with Gasteiger partial charge in [-0.25, -0.2) is 0 Å². The third-order valence-corrected chi connectivity index (χ3v) is 6.00. The van der Waals surface area contributed by atoms with E-state index in [0.29, 0.717) is 5.92 Å². The van der Waals surface area contributed by atoms with Crippen LogP contribution >= 0.6 is 0 Å². The molecule has 1 aromatic carbocycles. The lowest BCUT2D eigenvalue weighted by Gasteiger charge is -2.36. The van der Waals surface area contributed by atoms with Gasteiger partial charge < -0.3 is 9.80 Å². The number of rotatable bonds is 2. The number of piperidine rings is 1. The van der Waals surface area contributed by atoms with Crippen molar-refractivity contribution in [1.82, 2.24) is 4.90 Å². The Kier molecular flexibility index (Phi) is 3.86. The molecule has 3 aliphatic rings. The Morgan fingerprint density at radius 1 is 1.04 bits per heavy atom. The summed E-state index contributed by atoms with van der Waals surface area (Å²) in [6.07, 6.45) is 5.55.